The van der Waals surface area contributed by atoms with Gasteiger partial charge in [-0.25, -0.2) is 4.98 Å². The SMILES string of the molecule is N#Cc1ccc(N=NC(N=Nc2ccc([N+](=O)[O-])cn2)c2ccccn2)cc1. The maximum atomic E-state index is 10.7. The molecular weight excluding hydrogens is 360 g/mol. The summed E-state index contributed by atoms with van der Waals surface area (Å²) in [6.45, 7) is 0. The molecule has 3 rings (SSSR count). The van der Waals surface area contributed by atoms with Gasteiger partial charge < -0.3 is 0 Å². The van der Waals surface area contributed by atoms with Crippen LogP contribution in [-0.2, 0) is 0 Å². The number of nitrogens with zero attached hydrogens (tertiary/aromatic N) is 8. The molecule has 0 spiro atoms. The fourth-order valence-corrected chi connectivity index (χ4v) is 2.05. The van der Waals surface area contributed by atoms with E-state index in [0.717, 1.165) is 6.20 Å². The van der Waals surface area contributed by atoms with E-state index in [9.17, 15) is 10.1 Å². The first-order valence-corrected chi connectivity index (χ1v) is 7.99. The highest BCUT2D eigenvalue weighted by Crippen LogP contribution is 2.23. The number of rotatable bonds is 6. The smallest absolute Gasteiger partial charge is 0.258 e. The van der Waals surface area contributed by atoms with Crippen molar-refractivity contribution < 1.29 is 4.92 Å². The second-order valence-electron chi connectivity index (χ2n) is 5.35. The molecule has 0 saturated heterocycles. The highest BCUT2D eigenvalue weighted by Gasteiger charge is 2.11. The van der Waals surface area contributed by atoms with Gasteiger partial charge in [0.1, 0.15) is 6.20 Å². The summed E-state index contributed by atoms with van der Waals surface area (Å²) in [5.41, 5.74) is 1.44. The van der Waals surface area contributed by atoms with Crippen LogP contribution in [0.1, 0.15) is 17.4 Å². The molecule has 0 aliphatic rings. The van der Waals surface area contributed by atoms with E-state index in [-0.39, 0.29) is 11.5 Å². The van der Waals surface area contributed by atoms with E-state index in [2.05, 4.69) is 30.4 Å². The Balaban J connectivity index is 1.83. The molecule has 2 heterocycles. The first kappa shape index (κ1) is 18.4. The number of nitro groups is 1. The molecular formula is C18H12N8O2. The lowest BCUT2D eigenvalue weighted by Crippen LogP contribution is -1.93. The van der Waals surface area contributed by atoms with Crippen molar-refractivity contribution in [3.05, 3.63) is 88.4 Å². The molecule has 0 aliphatic heterocycles. The number of aromatic nitrogens is 2. The molecule has 0 bridgehead atoms. The van der Waals surface area contributed by atoms with E-state index in [1.165, 1.54) is 12.1 Å². The van der Waals surface area contributed by atoms with Crippen LogP contribution in [0, 0.1) is 21.4 Å². The molecule has 0 N–H and O–H groups in total. The maximum absolute atomic E-state index is 10.7. The van der Waals surface area contributed by atoms with Crippen molar-refractivity contribution in [2.24, 2.45) is 20.5 Å². The van der Waals surface area contributed by atoms with Crippen LogP contribution >= 0.6 is 0 Å². The van der Waals surface area contributed by atoms with Gasteiger partial charge in [-0.15, -0.1) is 5.11 Å². The summed E-state index contributed by atoms with van der Waals surface area (Å²) in [6, 6.07) is 16.5. The number of hydrogen-bond acceptors (Lipinski definition) is 9. The van der Waals surface area contributed by atoms with Crippen LogP contribution in [0.5, 0.6) is 0 Å². The van der Waals surface area contributed by atoms with Gasteiger partial charge in [-0.3, -0.25) is 15.1 Å². The van der Waals surface area contributed by atoms with Gasteiger partial charge in [-0.1, -0.05) is 6.07 Å². The van der Waals surface area contributed by atoms with Crippen molar-refractivity contribution in [1.82, 2.24) is 9.97 Å². The molecule has 0 aliphatic carbocycles. The van der Waals surface area contributed by atoms with Crippen molar-refractivity contribution >= 4 is 17.2 Å². The third-order valence-electron chi connectivity index (χ3n) is 3.44. The predicted octanol–water partition coefficient (Wildman–Crippen LogP) is 4.82. The molecule has 10 nitrogen and oxygen atoms in total. The van der Waals surface area contributed by atoms with Gasteiger partial charge in [0, 0.05) is 12.3 Å². The summed E-state index contributed by atoms with van der Waals surface area (Å²) in [5, 5.41) is 35.9. The molecule has 28 heavy (non-hydrogen) atoms. The average molecular weight is 372 g/mol. The Labute approximate surface area is 159 Å². The number of hydrogen-bond donors (Lipinski definition) is 0. The van der Waals surface area contributed by atoms with Crippen LogP contribution < -0.4 is 0 Å². The van der Waals surface area contributed by atoms with E-state index in [1.807, 2.05) is 6.07 Å². The molecule has 2 aromatic heterocycles. The fourth-order valence-electron chi connectivity index (χ4n) is 2.05. The van der Waals surface area contributed by atoms with Gasteiger partial charge in [0.05, 0.1) is 27.9 Å². The standard InChI is InChI=1S/C18H12N8O2/c19-11-13-4-6-14(7-5-13)22-24-18(16-3-1-2-10-20-16)25-23-17-9-8-15(12-21-17)26(27)28/h1-10,12,18H. The molecule has 0 amide bonds. The van der Waals surface area contributed by atoms with E-state index in [0.29, 0.717) is 16.9 Å². The monoisotopic (exact) mass is 372 g/mol. The van der Waals surface area contributed by atoms with Gasteiger partial charge >= 0.3 is 0 Å². The van der Waals surface area contributed by atoms with Crippen molar-refractivity contribution in [1.29, 1.82) is 5.26 Å². The average Bonchev–Trinajstić information content (AvgIpc) is 2.75. The Morgan fingerprint density at radius 1 is 1.00 bits per heavy atom. The highest BCUT2D eigenvalue weighted by atomic mass is 16.6. The van der Waals surface area contributed by atoms with Gasteiger partial charge in [0.25, 0.3) is 5.69 Å². The van der Waals surface area contributed by atoms with Crippen LogP contribution in [0.25, 0.3) is 0 Å². The van der Waals surface area contributed by atoms with Crippen LogP contribution in [0.3, 0.4) is 0 Å². The summed E-state index contributed by atoms with van der Waals surface area (Å²) in [4.78, 5) is 18.2. The van der Waals surface area contributed by atoms with E-state index >= 15 is 0 Å². The number of azo groups is 2. The summed E-state index contributed by atoms with van der Waals surface area (Å²) in [6.07, 6.45) is 1.87. The molecule has 1 atom stereocenters. The van der Waals surface area contributed by atoms with Crippen LogP contribution in [-0.4, -0.2) is 14.9 Å². The van der Waals surface area contributed by atoms with Gasteiger partial charge in [0.2, 0.25) is 6.17 Å². The minimum atomic E-state index is -0.825. The normalized spacial score (nSPS) is 12.1. The number of benzene rings is 1. The molecule has 0 fully saturated rings. The van der Waals surface area contributed by atoms with E-state index in [4.69, 9.17) is 5.26 Å². The van der Waals surface area contributed by atoms with Gasteiger partial charge in [0.15, 0.2) is 5.82 Å². The Kier molecular flexibility index (Phi) is 5.79. The third-order valence-corrected chi connectivity index (χ3v) is 3.44. The van der Waals surface area contributed by atoms with E-state index in [1.54, 1.807) is 48.7 Å². The quantitative estimate of drug-likeness (QED) is 0.346. The van der Waals surface area contributed by atoms with Crippen molar-refractivity contribution in [2.75, 3.05) is 0 Å². The van der Waals surface area contributed by atoms with Crippen molar-refractivity contribution in [3.8, 4) is 6.07 Å². The second kappa shape index (κ2) is 8.81. The first-order valence-electron chi connectivity index (χ1n) is 7.99. The molecule has 1 unspecified atom stereocenters. The Morgan fingerprint density at radius 3 is 2.39 bits per heavy atom. The lowest BCUT2D eigenvalue weighted by molar-refractivity contribution is -0.385. The second-order valence-corrected chi connectivity index (χ2v) is 5.35. The Bertz CT molecular complexity index is 1040. The fraction of sp³-hybridized carbons (Fsp3) is 0.0556. The minimum Gasteiger partial charge on any atom is -0.258 e. The Hall–Kier alpha value is -4.39. The minimum absolute atomic E-state index is 0.138. The summed E-state index contributed by atoms with van der Waals surface area (Å²) >= 11 is 0. The Morgan fingerprint density at radius 2 is 1.79 bits per heavy atom. The molecule has 0 saturated carbocycles. The molecule has 3 aromatic rings. The molecule has 0 radical (unpaired) electrons. The predicted molar refractivity (Wildman–Crippen MR) is 98.1 cm³/mol. The zero-order valence-corrected chi connectivity index (χ0v) is 14.3. The van der Waals surface area contributed by atoms with Crippen LogP contribution in [0.15, 0.2) is 87.4 Å². The van der Waals surface area contributed by atoms with Crippen molar-refractivity contribution in [2.45, 2.75) is 6.17 Å². The van der Waals surface area contributed by atoms with E-state index < -0.39 is 11.1 Å². The van der Waals surface area contributed by atoms with Crippen LogP contribution in [0.4, 0.5) is 17.2 Å². The zero-order chi connectivity index (χ0) is 19.8. The summed E-state index contributed by atoms with van der Waals surface area (Å²) in [5.74, 6) is 0.195. The lowest BCUT2D eigenvalue weighted by Gasteiger charge is -2.04. The van der Waals surface area contributed by atoms with Crippen LogP contribution in [0.2, 0.25) is 0 Å². The molecule has 10 heteroatoms. The number of nitriles is 1. The third kappa shape index (κ3) is 4.83. The molecule has 1 aromatic carbocycles. The lowest BCUT2D eigenvalue weighted by atomic mass is 10.2. The maximum Gasteiger partial charge on any atom is 0.287 e. The summed E-state index contributed by atoms with van der Waals surface area (Å²) in [7, 11) is 0. The van der Waals surface area contributed by atoms with Gasteiger partial charge in [-0.2, -0.15) is 20.6 Å². The summed E-state index contributed by atoms with van der Waals surface area (Å²) < 4.78 is 0. The first-order chi connectivity index (χ1) is 13.7. The topological polar surface area (TPSA) is 142 Å². The van der Waals surface area contributed by atoms with Crippen molar-refractivity contribution in [3.63, 3.8) is 0 Å². The highest BCUT2D eigenvalue weighted by molar-refractivity contribution is 5.42. The molecule has 136 valence electrons. The zero-order valence-electron chi connectivity index (χ0n) is 14.3. The number of pyridine rings is 2. The largest absolute Gasteiger partial charge is 0.287 e. The van der Waals surface area contributed by atoms with Gasteiger partial charge in [-0.05, 0) is 42.5 Å².